The van der Waals surface area contributed by atoms with E-state index in [9.17, 15) is 39.6 Å². The molecule has 1 aliphatic rings. The average molecular weight is 453 g/mol. The van der Waals surface area contributed by atoms with E-state index in [2.05, 4.69) is 0 Å². The first kappa shape index (κ1) is 22.1. The van der Waals surface area contributed by atoms with Gasteiger partial charge in [-0.3, -0.25) is 8.98 Å². The standard InChI is InChI=1S/C18H13F6NO4S/c19-17(20,21)11-1-5-13(6-2-11)25-10-9-15(16(25)26)29-30(27,28)14-7-3-12(4-8-14)18(22,23)24/h1-8,15H,9-10H2/t15-/m0/s1. The second-order valence-electron chi connectivity index (χ2n) is 6.38. The average Bonchev–Trinajstić information content (AvgIpc) is 3.00. The quantitative estimate of drug-likeness (QED) is 0.514. The smallest absolute Gasteiger partial charge is 0.310 e. The molecule has 0 aromatic heterocycles. The number of anilines is 1. The van der Waals surface area contributed by atoms with Crippen molar-refractivity contribution in [2.75, 3.05) is 11.4 Å². The van der Waals surface area contributed by atoms with Crippen LogP contribution in [0.2, 0.25) is 0 Å². The molecule has 5 nitrogen and oxygen atoms in total. The molecule has 0 spiro atoms. The number of nitrogens with zero attached hydrogens (tertiary/aromatic N) is 1. The van der Waals surface area contributed by atoms with Crippen molar-refractivity contribution in [3.63, 3.8) is 0 Å². The van der Waals surface area contributed by atoms with Crippen LogP contribution in [-0.2, 0) is 31.4 Å². The first-order chi connectivity index (χ1) is 13.8. The number of amides is 1. The van der Waals surface area contributed by atoms with Crippen LogP contribution in [0.25, 0.3) is 0 Å². The van der Waals surface area contributed by atoms with Crippen LogP contribution in [0.5, 0.6) is 0 Å². The van der Waals surface area contributed by atoms with Gasteiger partial charge in [-0.2, -0.15) is 34.8 Å². The molecule has 0 saturated carbocycles. The van der Waals surface area contributed by atoms with Gasteiger partial charge in [-0.05, 0) is 48.5 Å². The molecule has 1 amide bonds. The van der Waals surface area contributed by atoms with E-state index < -0.39 is 50.5 Å². The van der Waals surface area contributed by atoms with Crippen LogP contribution in [0.4, 0.5) is 32.0 Å². The van der Waals surface area contributed by atoms with Gasteiger partial charge in [-0.25, -0.2) is 0 Å². The van der Waals surface area contributed by atoms with Crippen molar-refractivity contribution < 1.29 is 43.7 Å². The Morgan fingerprint density at radius 3 is 1.77 bits per heavy atom. The van der Waals surface area contributed by atoms with Crippen LogP contribution in [0, 0.1) is 0 Å². The van der Waals surface area contributed by atoms with E-state index >= 15 is 0 Å². The lowest BCUT2D eigenvalue weighted by Gasteiger charge is -2.18. The van der Waals surface area contributed by atoms with Crippen LogP contribution < -0.4 is 4.90 Å². The number of hydrogen-bond acceptors (Lipinski definition) is 4. The summed E-state index contributed by atoms with van der Waals surface area (Å²) < 4.78 is 105. The van der Waals surface area contributed by atoms with E-state index in [1.54, 1.807) is 0 Å². The summed E-state index contributed by atoms with van der Waals surface area (Å²) in [4.78, 5) is 13.0. The van der Waals surface area contributed by atoms with Crippen molar-refractivity contribution >= 4 is 21.7 Å². The molecule has 162 valence electrons. The number of carbonyl (C=O) groups is 1. The third-order valence-electron chi connectivity index (χ3n) is 4.38. The molecule has 1 aliphatic heterocycles. The van der Waals surface area contributed by atoms with Gasteiger partial charge >= 0.3 is 12.4 Å². The van der Waals surface area contributed by atoms with Crippen LogP contribution in [0.1, 0.15) is 17.5 Å². The molecule has 0 N–H and O–H groups in total. The van der Waals surface area contributed by atoms with Gasteiger partial charge in [0.2, 0.25) is 0 Å². The maximum Gasteiger partial charge on any atom is 0.416 e. The fraction of sp³-hybridized carbons (Fsp3) is 0.278. The minimum atomic E-state index is -4.65. The van der Waals surface area contributed by atoms with Crippen LogP contribution in [0.15, 0.2) is 53.4 Å². The maximum atomic E-state index is 12.6. The highest BCUT2D eigenvalue weighted by Gasteiger charge is 2.38. The molecule has 1 heterocycles. The van der Waals surface area contributed by atoms with Gasteiger partial charge in [0.05, 0.1) is 16.0 Å². The van der Waals surface area contributed by atoms with Gasteiger partial charge in [-0.1, -0.05) is 0 Å². The van der Waals surface area contributed by atoms with E-state index in [1.165, 1.54) is 0 Å². The fourth-order valence-corrected chi connectivity index (χ4v) is 3.91. The van der Waals surface area contributed by atoms with Crippen molar-refractivity contribution in [1.82, 2.24) is 0 Å². The predicted molar refractivity (Wildman–Crippen MR) is 91.9 cm³/mol. The molecule has 1 fully saturated rings. The third-order valence-corrected chi connectivity index (χ3v) is 5.71. The summed E-state index contributed by atoms with van der Waals surface area (Å²) >= 11 is 0. The van der Waals surface area contributed by atoms with E-state index in [4.69, 9.17) is 4.18 Å². The van der Waals surface area contributed by atoms with E-state index in [0.717, 1.165) is 29.2 Å². The van der Waals surface area contributed by atoms with Crippen molar-refractivity contribution in [3.05, 3.63) is 59.7 Å². The first-order valence-corrected chi connectivity index (χ1v) is 9.79. The molecule has 2 aromatic rings. The van der Waals surface area contributed by atoms with Gasteiger partial charge in [0.15, 0.2) is 6.10 Å². The Bertz CT molecular complexity index is 1030. The maximum absolute atomic E-state index is 12.6. The Labute approximate surface area is 167 Å². The normalized spacial score (nSPS) is 18.1. The van der Waals surface area contributed by atoms with Crippen LogP contribution in [-0.4, -0.2) is 27.0 Å². The van der Waals surface area contributed by atoms with Gasteiger partial charge in [0.25, 0.3) is 16.0 Å². The summed E-state index contributed by atoms with van der Waals surface area (Å²) in [5, 5.41) is 0. The third kappa shape index (κ3) is 4.59. The van der Waals surface area contributed by atoms with Gasteiger partial charge in [0.1, 0.15) is 0 Å². The lowest BCUT2D eigenvalue weighted by Crippen LogP contribution is -2.32. The number of alkyl halides is 6. The SMILES string of the molecule is O=C1[C@@H](OS(=O)(=O)c2ccc(C(F)(F)F)cc2)CCN1c1ccc(C(F)(F)F)cc1. The Kier molecular flexibility index (Phi) is 5.58. The van der Waals surface area contributed by atoms with Crippen molar-refractivity contribution in [2.24, 2.45) is 0 Å². The number of benzene rings is 2. The zero-order valence-corrected chi connectivity index (χ0v) is 15.7. The summed E-state index contributed by atoms with van der Waals surface area (Å²) in [6, 6.07) is 6.30. The summed E-state index contributed by atoms with van der Waals surface area (Å²) in [6.07, 6.45) is -10.7. The topological polar surface area (TPSA) is 63.7 Å². The van der Waals surface area contributed by atoms with Crippen LogP contribution >= 0.6 is 0 Å². The molecule has 3 rings (SSSR count). The van der Waals surface area contributed by atoms with Gasteiger partial charge in [0, 0.05) is 18.7 Å². The Balaban J connectivity index is 1.73. The number of carbonyl (C=O) groups excluding carboxylic acids is 1. The van der Waals surface area contributed by atoms with Crippen molar-refractivity contribution in [3.8, 4) is 0 Å². The summed E-state index contributed by atoms with van der Waals surface area (Å²) in [5.74, 6) is -0.787. The summed E-state index contributed by atoms with van der Waals surface area (Å²) in [7, 11) is -4.53. The van der Waals surface area contributed by atoms with Gasteiger partial charge < -0.3 is 4.90 Å². The summed E-state index contributed by atoms with van der Waals surface area (Å²) in [6.45, 7) is -0.00258. The molecule has 0 radical (unpaired) electrons. The molecule has 0 aliphatic carbocycles. The molecular formula is C18H13F6NO4S. The lowest BCUT2D eigenvalue weighted by molar-refractivity contribution is -0.138. The number of halogens is 6. The second-order valence-corrected chi connectivity index (χ2v) is 7.96. The van der Waals surface area contributed by atoms with Gasteiger partial charge in [-0.15, -0.1) is 0 Å². The highest BCUT2D eigenvalue weighted by Crippen LogP contribution is 2.33. The Hall–Kier alpha value is -2.60. The van der Waals surface area contributed by atoms with Crippen molar-refractivity contribution in [1.29, 1.82) is 0 Å². The largest absolute Gasteiger partial charge is 0.416 e. The second kappa shape index (κ2) is 7.58. The first-order valence-electron chi connectivity index (χ1n) is 8.38. The monoisotopic (exact) mass is 453 g/mol. The number of hydrogen-bond donors (Lipinski definition) is 0. The van der Waals surface area contributed by atoms with E-state index in [1.807, 2.05) is 0 Å². The number of rotatable bonds is 4. The molecule has 1 saturated heterocycles. The molecule has 1 atom stereocenters. The Morgan fingerprint density at radius 1 is 0.833 bits per heavy atom. The molecule has 30 heavy (non-hydrogen) atoms. The van der Waals surface area contributed by atoms with E-state index in [0.29, 0.717) is 24.3 Å². The predicted octanol–water partition coefficient (Wildman–Crippen LogP) is 4.24. The molecule has 12 heteroatoms. The lowest BCUT2D eigenvalue weighted by atomic mass is 10.2. The minimum Gasteiger partial charge on any atom is -0.310 e. The summed E-state index contributed by atoms with van der Waals surface area (Å²) in [5.41, 5.74) is -1.83. The zero-order valence-electron chi connectivity index (χ0n) is 14.9. The molecular weight excluding hydrogens is 440 g/mol. The van der Waals surface area contributed by atoms with Crippen molar-refractivity contribution in [2.45, 2.75) is 29.8 Å². The Morgan fingerprint density at radius 2 is 1.30 bits per heavy atom. The molecule has 0 bridgehead atoms. The van der Waals surface area contributed by atoms with E-state index in [-0.39, 0.29) is 18.7 Å². The zero-order chi connectivity index (χ0) is 22.3. The fourth-order valence-electron chi connectivity index (χ4n) is 2.85. The van der Waals surface area contributed by atoms with Crippen LogP contribution in [0.3, 0.4) is 0 Å². The molecule has 0 unspecified atom stereocenters. The molecule has 2 aromatic carbocycles. The highest BCUT2D eigenvalue weighted by molar-refractivity contribution is 7.86. The minimum absolute atomic E-state index is 0.00258. The highest BCUT2D eigenvalue weighted by atomic mass is 32.2.